The summed E-state index contributed by atoms with van der Waals surface area (Å²) in [6, 6.07) is 15.9. The lowest BCUT2D eigenvalue weighted by Gasteiger charge is -2.36. The molecule has 1 fully saturated rings. The molecular formula is C35H44N6O5S. The van der Waals surface area contributed by atoms with E-state index in [1.807, 2.05) is 36.4 Å². The highest BCUT2D eigenvalue weighted by Gasteiger charge is 2.41. The summed E-state index contributed by atoms with van der Waals surface area (Å²) in [7, 11) is 0. The number of ether oxygens (including phenoxy) is 1. The lowest BCUT2D eigenvalue weighted by molar-refractivity contribution is 0.0994. The molecule has 1 saturated heterocycles. The van der Waals surface area contributed by atoms with Crippen LogP contribution in [0.2, 0.25) is 0 Å². The Morgan fingerprint density at radius 3 is 2.43 bits per heavy atom. The monoisotopic (exact) mass is 660 g/mol. The Balaban J connectivity index is 1.57. The maximum absolute atomic E-state index is 14.4. The maximum Gasteiger partial charge on any atom is 0.410 e. The summed E-state index contributed by atoms with van der Waals surface area (Å²) in [6.07, 6.45) is 2.97. The number of nitrogens with two attached hydrogens (primary N) is 1. The number of carbonyl (C=O) groups excluding carboxylic acids is 2. The van der Waals surface area contributed by atoms with Crippen molar-refractivity contribution in [2.45, 2.75) is 71.9 Å². The smallest absolute Gasteiger partial charge is 0.410 e. The molecule has 2 amide bonds. The predicted molar refractivity (Wildman–Crippen MR) is 185 cm³/mol. The molecule has 2 aliphatic rings. The summed E-state index contributed by atoms with van der Waals surface area (Å²) in [5, 5.41) is 0. The zero-order chi connectivity index (χ0) is 34.1. The summed E-state index contributed by atoms with van der Waals surface area (Å²) >= 11 is -2.74. The summed E-state index contributed by atoms with van der Waals surface area (Å²) in [5.74, 6) is 0.159. The standard InChI is InChI=1S/C35H44N6O5S/c1-23-20-35(5,6)40(21-23)31-27(32(42)41(47(44)45)29-14-10-13-28(36)37-29)19-26(30(38-31)34(2,3)4)25-15-17-39(18-16-25)33(43)46-22-24-11-8-7-9-12-24/h7-15,19,23H,16-18,20-22H2,1-6H3,(H2,36,37)(H,44,45). The van der Waals surface area contributed by atoms with Gasteiger partial charge in [0, 0.05) is 36.2 Å². The van der Waals surface area contributed by atoms with Crippen LogP contribution in [0.1, 0.15) is 81.6 Å². The minimum absolute atomic E-state index is 0.0428. The summed E-state index contributed by atoms with van der Waals surface area (Å²) in [4.78, 5) is 40.5. The zero-order valence-corrected chi connectivity index (χ0v) is 28.7. The van der Waals surface area contributed by atoms with E-state index in [4.69, 9.17) is 15.5 Å². The molecule has 0 bridgehead atoms. The fraction of sp³-hybridized carbons (Fsp3) is 0.429. The molecule has 2 atom stereocenters. The molecule has 0 aliphatic carbocycles. The number of hydrogen-bond donors (Lipinski definition) is 2. The van der Waals surface area contributed by atoms with E-state index in [2.05, 4.69) is 51.4 Å². The fourth-order valence-corrected chi connectivity index (χ4v) is 6.95. The molecule has 3 aromatic rings. The number of amides is 2. The van der Waals surface area contributed by atoms with Gasteiger partial charge in [-0.25, -0.2) is 19.0 Å². The number of nitrogens with zero attached hydrogens (tertiary/aromatic N) is 5. The van der Waals surface area contributed by atoms with Gasteiger partial charge in [0.1, 0.15) is 18.2 Å². The number of anilines is 3. The first-order valence-electron chi connectivity index (χ1n) is 15.8. The van der Waals surface area contributed by atoms with E-state index in [-0.39, 0.29) is 29.3 Å². The second kappa shape index (κ2) is 13.4. The molecule has 5 rings (SSSR count). The zero-order valence-electron chi connectivity index (χ0n) is 27.9. The first-order valence-corrected chi connectivity index (χ1v) is 16.9. The van der Waals surface area contributed by atoms with Crippen LogP contribution in [-0.4, -0.2) is 60.8 Å². The Morgan fingerprint density at radius 2 is 1.85 bits per heavy atom. The van der Waals surface area contributed by atoms with Crippen LogP contribution in [0.25, 0.3) is 5.57 Å². The normalized spacial score (nSPS) is 18.4. The number of carbonyl (C=O) groups is 2. The topological polar surface area (TPSA) is 142 Å². The second-order valence-electron chi connectivity index (χ2n) is 14.0. The lowest BCUT2D eigenvalue weighted by Crippen LogP contribution is -2.42. The summed E-state index contributed by atoms with van der Waals surface area (Å²) < 4.78 is 29.4. The van der Waals surface area contributed by atoms with Crippen LogP contribution in [0, 0.1) is 5.92 Å². The molecule has 0 radical (unpaired) electrons. The van der Waals surface area contributed by atoms with Gasteiger partial charge in [-0.2, -0.15) is 4.31 Å². The van der Waals surface area contributed by atoms with Gasteiger partial charge in [0.25, 0.3) is 17.2 Å². The van der Waals surface area contributed by atoms with Gasteiger partial charge in [0.05, 0.1) is 11.3 Å². The number of rotatable bonds is 7. The summed E-state index contributed by atoms with van der Waals surface area (Å²) in [5.41, 5.74) is 8.75. The van der Waals surface area contributed by atoms with Crippen LogP contribution < -0.4 is 14.9 Å². The third-order valence-corrected chi connectivity index (χ3v) is 9.26. The van der Waals surface area contributed by atoms with Crippen LogP contribution in [0.15, 0.2) is 60.7 Å². The largest absolute Gasteiger partial charge is 0.445 e. The average Bonchev–Trinajstić information content (AvgIpc) is 3.30. The van der Waals surface area contributed by atoms with E-state index in [1.54, 1.807) is 23.1 Å². The molecule has 11 nitrogen and oxygen atoms in total. The van der Waals surface area contributed by atoms with Crippen molar-refractivity contribution < 1.29 is 23.1 Å². The molecule has 2 aromatic heterocycles. The molecule has 12 heteroatoms. The number of benzene rings is 1. The number of pyridine rings is 2. The van der Waals surface area contributed by atoms with Crippen molar-refractivity contribution in [2.24, 2.45) is 5.92 Å². The Bertz CT molecular complexity index is 1700. The molecule has 250 valence electrons. The maximum atomic E-state index is 14.4. The Hall–Kier alpha value is -4.29. The minimum Gasteiger partial charge on any atom is -0.445 e. The highest BCUT2D eigenvalue weighted by atomic mass is 32.2. The molecule has 3 N–H and O–H groups in total. The number of nitrogen functional groups attached to an aromatic ring is 1. The minimum atomic E-state index is -2.74. The van der Waals surface area contributed by atoms with Gasteiger partial charge in [0.2, 0.25) is 0 Å². The van der Waals surface area contributed by atoms with E-state index in [1.165, 1.54) is 6.07 Å². The van der Waals surface area contributed by atoms with Crippen molar-refractivity contribution in [1.29, 1.82) is 0 Å². The van der Waals surface area contributed by atoms with Crippen LogP contribution in [-0.2, 0) is 28.0 Å². The molecular weight excluding hydrogens is 616 g/mol. The first kappa shape index (κ1) is 34.1. The van der Waals surface area contributed by atoms with E-state index in [9.17, 15) is 18.4 Å². The SMILES string of the molecule is CC1CN(c2nc(C(C)(C)C)c(C3=CCN(C(=O)OCc4ccccc4)CC3)cc2C(=O)N(c2cccc(N)n2)S(=O)O)C(C)(C)C1. The highest BCUT2D eigenvalue weighted by Crippen LogP contribution is 2.42. The Kier molecular flexibility index (Phi) is 9.74. The van der Waals surface area contributed by atoms with E-state index < -0.39 is 28.7 Å². The predicted octanol–water partition coefficient (Wildman–Crippen LogP) is 6.19. The Morgan fingerprint density at radius 1 is 1.13 bits per heavy atom. The van der Waals surface area contributed by atoms with Crippen LogP contribution in [0.3, 0.4) is 0 Å². The van der Waals surface area contributed by atoms with Crippen molar-refractivity contribution in [3.8, 4) is 0 Å². The molecule has 2 unspecified atom stereocenters. The number of hydrogen-bond acceptors (Lipinski definition) is 8. The van der Waals surface area contributed by atoms with Crippen molar-refractivity contribution >= 4 is 46.3 Å². The highest BCUT2D eigenvalue weighted by molar-refractivity contribution is 7.81. The molecule has 47 heavy (non-hydrogen) atoms. The van der Waals surface area contributed by atoms with Crippen molar-refractivity contribution in [2.75, 3.05) is 34.6 Å². The van der Waals surface area contributed by atoms with Gasteiger partial charge in [-0.05, 0) is 61.9 Å². The first-order chi connectivity index (χ1) is 22.2. The van der Waals surface area contributed by atoms with E-state index in [0.717, 1.165) is 33.1 Å². The van der Waals surface area contributed by atoms with Crippen LogP contribution in [0.4, 0.5) is 22.2 Å². The quantitative estimate of drug-likeness (QED) is 0.284. The van der Waals surface area contributed by atoms with Gasteiger partial charge in [-0.15, -0.1) is 0 Å². The van der Waals surface area contributed by atoms with Gasteiger partial charge in [0.15, 0.2) is 5.82 Å². The summed E-state index contributed by atoms with van der Waals surface area (Å²) in [6.45, 7) is 14.2. The van der Waals surface area contributed by atoms with Gasteiger partial charge in [-0.1, -0.05) is 70.2 Å². The van der Waals surface area contributed by atoms with Gasteiger partial charge in [-0.3, -0.25) is 9.35 Å². The average molecular weight is 661 g/mol. The third-order valence-electron chi connectivity index (χ3n) is 8.59. The van der Waals surface area contributed by atoms with E-state index in [0.29, 0.717) is 37.8 Å². The van der Waals surface area contributed by atoms with Crippen molar-refractivity contribution in [3.63, 3.8) is 0 Å². The van der Waals surface area contributed by atoms with Gasteiger partial charge >= 0.3 is 6.09 Å². The second-order valence-corrected chi connectivity index (χ2v) is 14.8. The fourth-order valence-electron chi connectivity index (χ4n) is 6.45. The van der Waals surface area contributed by atoms with E-state index >= 15 is 0 Å². The Labute approximate surface area is 279 Å². The molecule has 1 aromatic carbocycles. The third kappa shape index (κ3) is 7.49. The number of aromatic nitrogens is 2. The van der Waals surface area contributed by atoms with Gasteiger partial charge < -0.3 is 20.3 Å². The molecule has 2 aliphatic heterocycles. The molecule has 0 saturated carbocycles. The molecule has 4 heterocycles. The lowest BCUT2D eigenvalue weighted by atomic mass is 9.83. The van der Waals surface area contributed by atoms with Crippen LogP contribution >= 0.6 is 0 Å². The van der Waals surface area contributed by atoms with Crippen LogP contribution in [0.5, 0.6) is 0 Å². The van der Waals surface area contributed by atoms with Crippen molar-refractivity contribution in [3.05, 3.63) is 83.1 Å². The van der Waals surface area contributed by atoms with Crippen molar-refractivity contribution in [1.82, 2.24) is 14.9 Å². The molecule has 0 spiro atoms.